The Labute approximate surface area is 178 Å². The van der Waals surface area contributed by atoms with Gasteiger partial charge in [-0.15, -0.1) is 11.3 Å². The number of phenolic OH excluding ortho intramolecular Hbond substituents is 1. The maximum Gasteiger partial charge on any atom is 0.253 e. The van der Waals surface area contributed by atoms with E-state index in [4.69, 9.17) is 4.74 Å². The van der Waals surface area contributed by atoms with Crippen molar-refractivity contribution in [2.24, 2.45) is 0 Å². The van der Waals surface area contributed by atoms with E-state index in [2.05, 4.69) is 10.3 Å². The smallest absolute Gasteiger partial charge is 0.253 e. The summed E-state index contributed by atoms with van der Waals surface area (Å²) >= 11 is 1.61. The Hall–Kier alpha value is -3.12. The van der Waals surface area contributed by atoms with Crippen LogP contribution in [0.15, 0.2) is 48.7 Å². The Morgan fingerprint density at radius 2 is 1.93 bits per heavy atom. The predicted molar refractivity (Wildman–Crippen MR) is 120 cm³/mol. The number of rotatable bonds is 4. The minimum atomic E-state index is 0.0271. The van der Waals surface area contributed by atoms with Crippen molar-refractivity contribution in [2.75, 3.05) is 0 Å². The maximum absolute atomic E-state index is 12.9. The van der Waals surface area contributed by atoms with Crippen LogP contribution in [-0.4, -0.2) is 22.0 Å². The molecule has 30 heavy (non-hydrogen) atoms. The second-order valence-electron chi connectivity index (χ2n) is 7.76. The predicted octanol–water partition coefficient (Wildman–Crippen LogP) is 5.93. The second-order valence-corrected chi connectivity index (χ2v) is 9.01. The lowest BCUT2D eigenvalue weighted by molar-refractivity contribution is 0.0939. The molecule has 1 aliphatic rings. The Morgan fingerprint density at radius 1 is 1.13 bits per heavy atom. The van der Waals surface area contributed by atoms with Crippen LogP contribution in [0.5, 0.6) is 17.2 Å². The molecule has 0 bridgehead atoms. The molecule has 5 rings (SSSR count). The largest absolute Gasteiger partial charge is 0.508 e. The topological polar surface area (TPSA) is 71.5 Å². The maximum atomic E-state index is 12.9. The molecule has 2 heterocycles. The fourth-order valence-corrected chi connectivity index (χ4v) is 5.29. The summed E-state index contributed by atoms with van der Waals surface area (Å²) in [5.41, 5.74) is 1.45. The van der Waals surface area contributed by atoms with Gasteiger partial charge in [0.25, 0.3) is 5.91 Å². The van der Waals surface area contributed by atoms with Crippen LogP contribution in [0.2, 0.25) is 0 Å². The molecule has 2 aromatic heterocycles. The zero-order valence-electron chi connectivity index (χ0n) is 16.6. The van der Waals surface area contributed by atoms with E-state index in [0.717, 1.165) is 38.8 Å². The van der Waals surface area contributed by atoms with Gasteiger partial charge < -0.3 is 15.2 Å². The molecule has 0 unspecified atom stereocenters. The van der Waals surface area contributed by atoms with Gasteiger partial charge in [-0.25, -0.2) is 0 Å². The fourth-order valence-electron chi connectivity index (χ4n) is 4.20. The van der Waals surface area contributed by atoms with Crippen LogP contribution in [0, 0.1) is 6.92 Å². The van der Waals surface area contributed by atoms with Gasteiger partial charge in [0.1, 0.15) is 17.2 Å². The average molecular weight is 419 g/mol. The summed E-state index contributed by atoms with van der Waals surface area (Å²) < 4.78 is 7.17. The molecule has 0 aliphatic heterocycles. The number of carbonyl (C=O) groups excluding carboxylic acids is 1. The molecular formula is C24H22N2O3S. The van der Waals surface area contributed by atoms with Crippen LogP contribution in [0.3, 0.4) is 0 Å². The Bertz CT molecular complexity index is 1260. The summed E-state index contributed by atoms with van der Waals surface area (Å²) in [6.07, 6.45) is 6.19. The first kappa shape index (κ1) is 18.9. The summed E-state index contributed by atoms with van der Waals surface area (Å²) in [5, 5.41) is 14.7. The lowest BCUT2D eigenvalue weighted by Gasteiger charge is -2.12. The third kappa shape index (κ3) is 3.48. The van der Waals surface area contributed by atoms with Gasteiger partial charge in [0.15, 0.2) is 0 Å². The molecule has 1 amide bonds. The van der Waals surface area contributed by atoms with Crippen LogP contribution < -0.4 is 10.1 Å². The number of amides is 1. The summed E-state index contributed by atoms with van der Waals surface area (Å²) in [6.45, 7) is 2.00. The average Bonchev–Trinajstić information content (AvgIpc) is 3.34. The SMILES string of the molecule is Cc1sc2cc(Oc3ccnc4cc(O)ccc34)ccc2c1C(=O)NC1CCCC1. The summed E-state index contributed by atoms with van der Waals surface area (Å²) in [5.74, 6) is 1.57. The molecule has 1 saturated carbocycles. The summed E-state index contributed by atoms with van der Waals surface area (Å²) in [6, 6.07) is 13.0. The van der Waals surface area contributed by atoms with Crippen molar-refractivity contribution in [3.63, 3.8) is 0 Å². The van der Waals surface area contributed by atoms with Crippen LogP contribution in [0.4, 0.5) is 0 Å². The number of thiophene rings is 1. The molecule has 1 fully saturated rings. The van der Waals surface area contributed by atoms with Crippen LogP contribution in [0.1, 0.15) is 40.9 Å². The Balaban J connectivity index is 1.45. The molecule has 4 aromatic rings. The Morgan fingerprint density at radius 3 is 2.77 bits per heavy atom. The van der Waals surface area contributed by atoms with Crippen molar-refractivity contribution in [3.05, 3.63) is 59.1 Å². The number of fused-ring (bicyclic) bond motifs is 2. The molecule has 5 nitrogen and oxygen atoms in total. The number of aryl methyl sites for hydroxylation is 1. The highest BCUT2D eigenvalue weighted by atomic mass is 32.1. The van der Waals surface area contributed by atoms with Gasteiger partial charge in [-0.3, -0.25) is 9.78 Å². The van der Waals surface area contributed by atoms with Crippen LogP contribution in [-0.2, 0) is 0 Å². The number of aromatic nitrogens is 1. The number of ether oxygens (including phenoxy) is 1. The number of benzene rings is 2. The highest BCUT2D eigenvalue weighted by Crippen LogP contribution is 2.36. The van der Waals surface area contributed by atoms with Gasteiger partial charge in [0.2, 0.25) is 0 Å². The van der Waals surface area contributed by atoms with Crippen molar-refractivity contribution >= 4 is 38.2 Å². The third-order valence-electron chi connectivity index (χ3n) is 5.67. The Kier molecular flexibility index (Phi) is 4.79. The zero-order valence-corrected chi connectivity index (χ0v) is 17.5. The van der Waals surface area contributed by atoms with Crippen molar-refractivity contribution in [3.8, 4) is 17.2 Å². The first-order chi connectivity index (χ1) is 14.6. The van der Waals surface area contributed by atoms with E-state index in [1.165, 1.54) is 12.8 Å². The number of carbonyl (C=O) groups is 1. The molecular weight excluding hydrogens is 396 g/mol. The van der Waals surface area contributed by atoms with E-state index in [1.54, 1.807) is 35.7 Å². The monoisotopic (exact) mass is 418 g/mol. The lowest BCUT2D eigenvalue weighted by atomic mass is 10.1. The second kappa shape index (κ2) is 7.61. The first-order valence-electron chi connectivity index (χ1n) is 10.2. The van der Waals surface area contributed by atoms with Crippen molar-refractivity contribution in [1.29, 1.82) is 0 Å². The minimum Gasteiger partial charge on any atom is -0.508 e. The number of nitrogens with zero attached hydrogens (tertiary/aromatic N) is 1. The molecule has 2 N–H and O–H groups in total. The molecule has 152 valence electrons. The van der Waals surface area contributed by atoms with Crippen LogP contribution in [0.25, 0.3) is 21.0 Å². The zero-order chi connectivity index (χ0) is 20.7. The number of nitrogens with one attached hydrogen (secondary N) is 1. The van der Waals surface area contributed by atoms with Gasteiger partial charge >= 0.3 is 0 Å². The number of phenols is 1. The van der Waals surface area contributed by atoms with E-state index in [-0.39, 0.29) is 11.7 Å². The highest BCUT2D eigenvalue weighted by molar-refractivity contribution is 7.19. The normalized spacial score (nSPS) is 14.4. The standard InChI is InChI=1S/C24H22N2O3S/c1-14-23(24(28)26-15-4-2-3-5-15)19-9-7-17(13-22(19)30-14)29-21-10-11-25-20-12-16(27)6-8-18(20)21/h6-13,15,27H,2-5H2,1H3,(H,26,28). The van der Waals surface area contributed by atoms with E-state index < -0.39 is 0 Å². The molecule has 0 spiro atoms. The molecule has 6 heteroatoms. The number of pyridine rings is 1. The van der Waals surface area contributed by atoms with Crippen molar-refractivity contribution < 1.29 is 14.6 Å². The van der Waals surface area contributed by atoms with Crippen molar-refractivity contribution in [1.82, 2.24) is 10.3 Å². The minimum absolute atomic E-state index is 0.0271. The lowest BCUT2D eigenvalue weighted by Crippen LogP contribution is -2.32. The van der Waals surface area contributed by atoms with Crippen LogP contribution >= 0.6 is 11.3 Å². The van der Waals surface area contributed by atoms with Gasteiger partial charge in [-0.2, -0.15) is 0 Å². The molecule has 1 aliphatic carbocycles. The fraction of sp³-hybridized carbons (Fsp3) is 0.250. The summed E-state index contributed by atoms with van der Waals surface area (Å²) in [7, 11) is 0. The van der Waals surface area contributed by atoms with Gasteiger partial charge in [0.05, 0.1) is 11.1 Å². The molecule has 0 atom stereocenters. The van der Waals surface area contributed by atoms with E-state index >= 15 is 0 Å². The number of aromatic hydroxyl groups is 1. The van der Waals surface area contributed by atoms with E-state index in [1.807, 2.05) is 31.2 Å². The number of hydrogen-bond acceptors (Lipinski definition) is 5. The van der Waals surface area contributed by atoms with Gasteiger partial charge in [-0.05, 0) is 56.2 Å². The first-order valence-corrected chi connectivity index (χ1v) is 11.0. The van der Waals surface area contributed by atoms with Crippen molar-refractivity contribution in [2.45, 2.75) is 38.6 Å². The van der Waals surface area contributed by atoms with E-state index in [0.29, 0.717) is 23.1 Å². The molecule has 0 radical (unpaired) electrons. The van der Waals surface area contributed by atoms with Gasteiger partial charge in [-0.1, -0.05) is 12.8 Å². The number of hydrogen-bond donors (Lipinski definition) is 2. The molecule has 2 aromatic carbocycles. The van der Waals surface area contributed by atoms with Gasteiger partial charge in [0, 0.05) is 38.7 Å². The quantitative estimate of drug-likeness (QED) is 0.431. The summed E-state index contributed by atoms with van der Waals surface area (Å²) in [4.78, 5) is 18.2. The van der Waals surface area contributed by atoms with E-state index in [9.17, 15) is 9.90 Å². The molecule has 0 saturated heterocycles. The highest BCUT2D eigenvalue weighted by Gasteiger charge is 2.22. The third-order valence-corrected chi connectivity index (χ3v) is 6.74.